The van der Waals surface area contributed by atoms with Crippen LogP contribution in [0.3, 0.4) is 0 Å². The number of aromatic nitrogens is 4. The van der Waals surface area contributed by atoms with E-state index in [1.165, 1.54) is 0 Å². The molecule has 28 heavy (non-hydrogen) atoms. The van der Waals surface area contributed by atoms with Crippen molar-refractivity contribution in [2.75, 3.05) is 13.2 Å². The molecule has 0 radical (unpaired) electrons. The molecule has 5 rings (SSSR count). The Kier molecular flexibility index (Phi) is 5.14. The second-order valence-corrected chi connectivity index (χ2v) is 6.35. The van der Waals surface area contributed by atoms with Gasteiger partial charge in [-0.15, -0.1) is 0 Å². The quantitative estimate of drug-likeness (QED) is 0.361. The number of aromatic amines is 2. The molecule has 0 saturated carbocycles. The van der Waals surface area contributed by atoms with Gasteiger partial charge in [-0.05, 0) is 72.8 Å². The number of hydrogen-bond donors (Lipinski definition) is 4. The largest absolute Gasteiger partial charge is 0.394 e. The molecule has 6 nitrogen and oxygen atoms in total. The molecule has 8 bridgehead atoms. The highest BCUT2D eigenvalue weighted by Crippen LogP contribution is 2.17. The van der Waals surface area contributed by atoms with Gasteiger partial charge in [-0.25, -0.2) is 9.97 Å². The first-order valence-electron chi connectivity index (χ1n) is 8.98. The molecule has 0 amide bonds. The minimum absolute atomic E-state index is 0.125. The molecule has 0 saturated heterocycles. The van der Waals surface area contributed by atoms with Gasteiger partial charge >= 0.3 is 0 Å². The summed E-state index contributed by atoms with van der Waals surface area (Å²) in [5.41, 5.74) is 7.86. The Morgan fingerprint density at radius 1 is 0.536 bits per heavy atom. The Morgan fingerprint density at radius 2 is 0.893 bits per heavy atom. The summed E-state index contributed by atoms with van der Waals surface area (Å²) in [7, 11) is 0. The average molecular weight is 372 g/mol. The fraction of sp³-hybridized carbons (Fsp3) is 0.0909. The molecular weight excluding hydrogens is 352 g/mol. The van der Waals surface area contributed by atoms with Gasteiger partial charge in [0.2, 0.25) is 0 Å². The van der Waals surface area contributed by atoms with Crippen molar-refractivity contribution >= 4 is 46.4 Å². The summed E-state index contributed by atoms with van der Waals surface area (Å²) in [4.78, 5) is 16.0. The topological polar surface area (TPSA) is 97.8 Å². The maximum Gasteiger partial charge on any atom is 0.0662 e. The molecule has 0 aromatic carbocycles. The fourth-order valence-electron chi connectivity index (χ4n) is 2.94. The lowest BCUT2D eigenvalue weighted by Gasteiger charge is -1.86. The van der Waals surface area contributed by atoms with Crippen LogP contribution in [0.4, 0.5) is 0 Å². The molecule has 0 aliphatic carbocycles. The number of rotatable bonds is 1. The lowest BCUT2D eigenvalue weighted by Crippen LogP contribution is -1.85. The number of aliphatic hydroxyl groups excluding tert-OH is 2. The Labute approximate surface area is 161 Å². The lowest BCUT2D eigenvalue weighted by atomic mass is 10.3. The highest BCUT2D eigenvalue weighted by atomic mass is 16.3. The predicted molar refractivity (Wildman–Crippen MR) is 113 cm³/mol. The SMILES string of the molecule is C1=Cc2cc3ccc(cc4ccc(cc5nc(cc1n2)C=C5)[nH]4)[nH]3.OCCO. The van der Waals surface area contributed by atoms with E-state index in [2.05, 4.69) is 50.3 Å². The molecule has 3 aromatic rings. The summed E-state index contributed by atoms with van der Waals surface area (Å²) >= 11 is 0. The van der Waals surface area contributed by atoms with Crippen LogP contribution < -0.4 is 0 Å². The van der Waals surface area contributed by atoms with Gasteiger partial charge in [0, 0.05) is 22.1 Å². The molecule has 0 fully saturated rings. The van der Waals surface area contributed by atoms with E-state index in [0.29, 0.717) is 0 Å². The molecular formula is C22H20N4O2. The van der Waals surface area contributed by atoms with Gasteiger partial charge < -0.3 is 20.2 Å². The van der Waals surface area contributed by atoms with Crippen molar-refractivity contribution in [3.63, 3.8) is 0 Å². The highest BCUT2D eigenvalue weighted by Gasteiger charge is 2.02. The van der Waals surface area contributed by atoms with Gasteiger partial charge in [-0.2, -0.15) is 0 Å². The van der Waals surface area contributed by atoms with Crippen LogP contribution in [-0.2, 0) is 0 Å². The van der Waals surface area contributed by atoms with Gasteiger partial charge in [0.1, 0.15) is 0 Å². The molecule has 0 unspecified atom stereocenters. The summed E-state index contributed by atoms with van der Waals surface area (Å²) in [5.74, 6) is 0. The van der Waals surface area contributed by atoms with Crippen LogP contribution in [0.15, 0.2) is 48.5 Å². The van der Waals surface area contributed by atoms with Gasteiger partial charge in [0.05, 0.1) is 36.0 Å². The van der Waals surface area contributed by atoms with E-state index in [1.807, 2.05) is 42.5 Å². The second kappa shape index (κ2) is 8.04. The van der Waals surface area contributed by atoms with Crippen molar-refractivity contribution in [3.05, 3.63) is 71.3 Å². The van der Waals surface area contributed by atoms with E-state index in [1.54, 1.807) is 0 Å². The van der Waals surface area contributed by atoms with Crippen molar-refractivity contribution in [2.24, 2.45) is 0 Å². The van der Waals surface area contributed by atoms with Gasteiger partial charge in [-0.3, -0.25) is 0 Å². The zero-order chi connectivity index (χ0) is 19.3. The van der Waals surface area contributed by atoms with Crippen LogP contribution >= 0.6 is 0 Å². The zero-order valence-corrected chi connectivity index (χ0v) is 15.1. The third-order valence-corrected chi connectivity index (χ3v) is 4.14. The molecule has 140 valence electrons. The van der Waals surface area contributed by atoms with Crippen LogP contribution in [0.2, 0.25) is 0 Å². The molecule has 5 heterocycles. The fourth-order valence-corrected chi connectivity index (χ4v) is 2.94. The first-order valence-corrected chi connectivity index (χ1v) is 8.98. The molecule has 0 spiro atoms. The van der Waals surface area contributed by atoms with Crippen molar-refractivity contribution < 1.29 is 10.2 Å². The predicted octanol–water partition coefficient (Wildman–Crippen LogP) is 3.63. The number of nitrogens with zero attached hydrogens (tertiary/aromatic N) is 2. The Bertz CT molecular complexity index is 1110. The van der Waals surface area contributed by atoms with Crippen LogP contribution in [-0.4, -0.2) is 43.4 Å². The van der Waals surface area contributed by atoms with E-state index in [-0.39, 0.29) is 13.2 Å². The smallest absolute Gasteiger partial charge is 0.0662 e. The van der Waals surface area contributed by atoms with Crippen molar-refractivity contribution in [1.82, 2.24) is 19.9 Å². The van der Waals surface area contributed by atoms with E-state index in [9.17, 15) is 0 Å². The zero-order valence-electron chi connectivity index (χ0n) is 15.1. The number of fused-ring (bicyclic) bond motifs is 8. The number of aliphatic hydroxyl groups is 2. The first-order chi connectivity index (χ1) is 13.7. The normalized spacial score (nSPS) is 11.9. The van der Waals surface area contributed by atoms with Crippen LogP contribution in [0, 0.1) is 0 Å². The van der Waals surface area contributed by atoms with Crippen LogP contribution in [0.1, 0.15) is 22.8 Å². The maximum absolute atomic E-state index is 7.62. The number of nitrogens with one attached hydrogen (secondary N) is 2. The third kappa shape index (κ3) is 4.25. The van der Waals surface area contributed by atoms with E-state index in [0.717, 1.165) is 44.8 Å². The monoisotopic (exact) mass is 372 g/mol. The Balaban J connectivity index is 0.000000442. The third-order valence-electron chi connectivity index (χ3n) is 4.14. The Morgan fingerprint density at radius 3 is 1.29 bits per heavy atom. The van der Waals surface area contributed by atoms with Gasteiger partial charge in [0.25, 0.3) is 0 Å². The number of H-pyrrole nitrogens is 2. The standard InChI is InChI=1S/C20H14N4.C2H6O2/c1-2-14-10-16-5-6-18(23-16)12-20-8-7-19(24-20)11-17-4-3-15(22-17)9-13(1)21-14;3-1-2-4/h1-12,21-22H;3-4H,1-2H2. The van der Waals surface area contributed by atoms with E-state index >= 15 is 0 Å². The van der Waals surface area contributed by atoms with Crippen LogP contribution in [0.5, 0.6) is 0 Å². The first kappa shape index (κ1) is 17.9. The van der Waals surface area contributed by atoms with E-state index < -0.39 is 0 Å². The lowest BCUT2D eigenvalue weighted by molar-refractivity contribution is 0.186. The minimum Gasteiger partial charge on any atom is -0.394 e. The Hall–Kier alpha value is -3.48. The molecule has 2 aliphatic heterocycles. The van der Waals surface area contributed by atoms with Gasteiger partial charge in [0.15, 0.2) is 0 Å². The number of hydrogen-bond acceptors (Lipinski definition) is 4. The summed E-state index contributed by atoms with van der Waals surface area (Å²) in [6.07, 6.45) is 8.05. The molecule has 4 N–H and O–H groups in total. The molecule has 6 heteroatoms. The minimum atomic E-state index is -0.125. The van der Waals surface area contributed by atoms with Gasteiger partial charge in [-0.1, -0.05) is 0 Å². The molecule has 2 aliphatic rings. The second-order valence-electron chi connectivity index (χ2n) is 6.35. The van der Waals surface area contributed by atoms with Crippen molar-refractivity contribution in [1.29, 1.82) is 0 Å². The maximum atomic E-state index is 7.62. The summed E-state index contributed by atoms with van der Waals surface area (Å²) in [6.45, 7) is -0.250. The van der Waals surface area contributed by atoms with Crippen LogP contribution in [0.25, 0.3) is 46.4 Å². The summed E-state index contributed by atoms with van der Waals surface area (Å²) in [6, 6.07) is 16.4. The molecule has 0 atom stereocenters. The van der Waals surface area contributed by atoms with Crippen molar-refractivity contribution in [3.8, 4) is 0 Å². The molecule has 3 aromatic heterocycles. The van der Waals surface area contributed by atoms with E-state index in [4.69, 9.17) is 10.2 Å². The average Bonchev–Trinajstić information content (AvgIpc) is 3.47. The van der Waals surface area contributed by atoms with Crippen molar-refractivity contribution in [2.45, 2.75) is 0 Å². The highest BCUT2D eigenvalue weighted by molar-refractivity contribution is 5.77. The summed E-state index contributed by atoms with van der Waals surface area (Å²) in [5, 5.41) is 15.2. The summed E-state index contributed by atoms with van der Waals surface area (Å²) < 4.78 is 0.